The lowest BCUT2D eigenvalue weighted by molar-refractivity contribution is 0.320. The quantitative estimate of drug-likeness (QED) is 0.619. The zero-order chi connectivity index (χ0) is 19.4. The molecule has 1 aliphatic heterocycles. The molecule has 4 heteroatoms. The maximum Gasteiger partial charge on any atom is 0.118 e. The van der Waals surface area contributed by atoms with E-state index < -0.39 is 0 Å². The van der Waals surface area contributed by atoms with Gasteiger partial charge in [-0.05, 0) is 42.0 Å². The summed E-state index contributed by atoms with van der Waals surface area (Å²) >= 11 is 4.20. The fourth-order valence-corrected chi connectivity index (χ4v) is 8.06. The van der Waals surface area contributed by atoms with Gasteiger partial charge in [0.15, 0.2) is 0 Å². The van der Waals surface area contributed by atoms with Gasteiger partial charge in [-0.25, -0.2) is 0 Å². The van der Waals surface area contributed by atoms with E-state index in [4.69, 9.17) is 10.5 Å². The van der Waals surface area contributed by atoms with Crippen LogP contribution in [0.15, 0.2) is 60.7 Å². The Morgan fingerprint density at radius 1 is 1.11 bits per heavy atom. The van der Waals surface area contributed by atoms with E-state index in [2.05, 4.69) is 84.2 Å². The minimum absolute atomic E-state index is 0.224. The van der Waals surface area contributed by atoms with Crippen LogP contribution in [-0.4, -0.2) is 23.5 Å². The van der Waals surface area contributed by atoms with Crippen LogP contribution in [0.5, 0.6) is 5.75 Å². The van der Waals surface area contributed by atoms with Crippen LogP contribution >= 0.6 is 23.5 Å². The molecule has 0 amide bonds. The molecule has 28 heavy (non-hydrogen) atoms. The molecule has 0 unspecified atom stereocenters. The zero-order valence-electron chi connectivity index (χ0n) is 16.5. The first kappa shape index (κ1) is 19.9. The summed E-state index contributed by atoms with van der Waals surface area (Å²) in [6.45, 7) is 0.747. The number of ether oxygens (including phenoxy) is 1. The second kappa shape index (κ2) is 8.98. The van der Waals surface area contributed by atoms with Gasteiger partial charge in [0.1, 0.15) is 5.75 Å². The average molecular weight is 412 g/mol. The van der Waals surface area contributed by atoms with Gasteiger partial charge in [-0.15, -0.1) is 23.5 Å². The molecule has 148 valence electrons. The number of thioether (sulfide) groups is 2. The smallest absolute Gasteiger partial charge is 0.118 e. The Labute approximate surface area is 177 Å². The van der Waals surface area contributed by atoms with E-state index in [1.165, 1.54) is 41.7 Å². The predicted octanol–water partition coefficient (Wildman–Crippen LogP) is 6.15. The third-order valence-corrected chi connectivity index (χ3v) is 9.41. The highest BCUT2D eigenvalue weighted by molar-refractivity contribution is 8.22. The van der Waals surface area contributed by atoms with Crippen molar-refractivity contribution in [1.82, 2.24) is 0 Å². The fraction of sp³-hybridized carbons (Fsp3) is 0.417. The topological polar surface area (TPSA) is 35.2 Å². The molecule has 3 atom stereocenters. The van der Waals surface area contributed by atoms with Crippen LogP contribution in [-0.2, 0) is 0 Å². The first-order valence-electron chi connectivity index (χ1n) is 10.2. The molecule has 0 bridgehead atoms. The van der Waals surface area contributed by atoms with E-state index in [1.807, 2.05) is 0 Å². The van der Waals surface area contributed by atoms with Crippen molar-refractivity contribution in [3.8, 4) is 5.75 Å². The lowest BCUT2D eigenvalue weighted by Gasteiger charge is -2.49. The highest BCUT2D eigenvalue weighted by Gasteiger charge is 2.48. The monoisotopic (exact) mass is 411 g/mol. The van der Waals surface area contributed by atoms with Crippen LogP contribution < -0.4 is 10.5 Å². The number of rotatable bonds is 6. The van der Waals surface area contributed by atoms with Gasteiger partial charge in [0.05, 0.1) is 11.2 Å². The third-order valence-electron chi connectivity index (χ3n) is 5.93. The normalized spacial score (nSPS) is 27.0. The van der Waals surface area contributed by atoms with Crippen molar-refractivity contribution in [3.63, 3.8) is 0 Å². The Bertz CT molecular complexity index is 805. The molecule has 0 aromatic heterocycles. The van der Waals surface area contributed by atoms with Crippen molar-refractivity contribution in [3.05, 3.63) is 71.8 Å². The van der Waals surface area contributed by atoms with E-state index >= 15 is 0 Å². The van der Waals surface area contributed by atoms with Crippen LogP contribution in [0.1, 0.15) is 42.7 Å². The summed E-state index contributed by atoms with van der Waals surface area (Å²) < 4.78 is 5.59. The zero-order valence-corrected chi connectivity index (χ0v) is 18.1. The van der Waals surface area contributed by atoms with E-state index in [0.717, 1.165) is 18.0 Å². The molecular formula is C24H29NOS2. The van der Waals surface area contributed by atoms with Crippen molar-refractivity contribution in [2.75, 3.05) is 19.4 Å². The molecule has 2 aromatic rings. The molecule has 0 radical (unpaired) electrons. The van der Waals surface area contributed by atoms with E-state index in [1.54, 1.807) is 7.11 Å². The van der Waals surface area contributed by atoms with Gasteiger partial charge in [0, 0.05) is 23.1 Å². The van der Waals surface area contributed by atoms with Crippen LogP contribution in [0.4, 0.5) is 0 Å². The van der Waals surface area contributed by atoms with E-state index in [0.29, 0.717) is 11.8 Å². The first-order chi connectivity index (χ1) is 13.8. The van der Waals surface area contributed by atoms with Crippen molar-refractivity contribution in [2.45, 2.75) is 35.7 Å². The Kier molecular flexibility index (Phi) is 6.39. The Morgan fingerprint density at radius 2 is 1.89 bits per heavy atom. The SMILES string of the molecule is COc1ccc(C2=C[C@H](c3ccccc3)[C@H]3CCCC[C@@]3(SCCN)S2)cc1. The molecule has 0 spiro atoms. The Morgan fingerprint density at radius 3 is 2.61 bits per heavy atom. The molecule has 4 rings (SSSR count). The number of allylic oxidation sites excluding steroid dienone is 1. The molecule has 2 nitrogen and oxygen atoms in total. The molecule has 1 saturated carbocycles. The third kappa shape index (κ3) is 4.00. The van der Waals surface area contributed by atoms with Gasteiger partial charge in [0.25, 0.3) is 0 Å². The van der Waals surface area contributed by atoms with E-state index in [-0.39, 0.29) is 4.08 Å². The molecule has 1 heterocycles. The van der Waals surface area contributed by atoms with Crippen molar-refractivity contribution in [1.29, 1.82) is 0 Å². The summed E-state index contributed by atoms with van der Waals surface area (Å²) in [7, 11) is 1.72. The largest absolute Gasteiger partial charge is 0.497 e. The second-order valence-electron chi connectivity index (χ2n) is 7.60. The fourth-order valence-electron chi connectivity index (χ4n) is 4.57. The van der Waals surface area contributed by atoms with Gasteiger partial charge >= 0.3 is 0 Å². The van der Waals surface area contributed by atoms with Crippen molar-refractivity contribution < 1.29 is 4.74 Å². The molecule has 2 aromatic carbocycles. The molecule has 1 aliphatic carbocycles. The Hall–Kier alpha value is -1.36. The summed E-state index contributed by atoms with van der Waals surface area (Å²) in [4.78, 5) is 1.40. The number of benzene rings is 2. The summed E-state index contributed by atoms with van der Waals surface area (Å²) in [5.74, 6) is 3.06. The summed E-state index contributed by atoms with van der Waals surface area (Å²) in [6, 6.07) is 19.6. The van der Waals surface area contributed by atoms with Gasteiger partial charge in [0.2, 0.25) is 0 Å². The summed E-state index contributed by atoms with van der Waals surface area (Å²) in [5.41, 5.74) is 8.67. The van der Waals surface area contributed by atoms with Gasteiger partial charge in [-0.3, -0.25) is 0 Å². The van der Waals surface area contributed by atoms with Crippen LogP contribution in [0.2, 0.25) is 0 Å². The molecule has 2 aliphatic rings. The van der Waals surface area contributed by atoms with Crippen molar-refractivity contribution in [2.24, 2.45) is 11.7 Å². The van der Waals surface area contributed by atoms with E-state index in [9.17, 15) is 0 Å². The van der Waals surface area contributed by atoms with Gasteiger partial charge in [-0.2, -0.15) is 0 Å². The van der Waals surface area contributed by atoms with Crippen LogP contribution in [0.25, 0.3) is 4.91 Å². The molecule has 0 saturated heterocycles. The van der Waals surface area contributed by atoms with Gasteiger partial charge in [-0.1, -0.05) is 61.4 Å². The predicted molar refractivity (Wildman–Crippen MR) is 124 cm³/mol. The number of methoxy groups -OCH3 is 1. The van der Waals surface area contributed by atoms with Crippen LogP contribution in [0.3, 0.4) is 0 Å². The number of fused-ring (bicyclic) bond motifs is 1. The Balaban J connectivity index is 1.77. The number of hydrogen-bond acceptors (Lipinski definition) is 4. The molecule has 2 N–H and O–H groups in total. The molecule has 1 fully saturated rings. The number of nitrogens with two attached hydrogens (primary N) is 1. The van der Waals surface area contributed by atoms with Crippen molar-refractivity contribution >= 4 is 28.4 Å². The standard InChI is InChI=1S/C24H29NOS2/c1-26-20-12-10-19(11-13-20)23-17-21(18-7-3-2-4-8-18)22-9-5-6-14-24(22,28-23)27-16-15-25/h2-4,7-8,10-13,17,21-22H,5-6,9,14-16,25H2,1H3/t21-,22-,24-/m1/s1. The van der Waals surface area contributed by atoms with Crippen LogP contribution in [0, 0.1) is 5.92 Å². The second-order valence-corrected chi connectivity index (χ2v) is 10.7. The highest BCUT2D eigenvalue weighted by Crippen LogP contribution is 2.63. The number of hydrogen-bond donors (Lipinski definition) is 1. The lowest BCUT2D eigenvalue weighted by Crippen LogP contribution is -2.40. The maximum absolute atomic E-state index is 5.93. The maximum atomic E-state index is 5.93. The lowest BCUT2D eigenvalue weighted by atomic mass is 9.75. The average Bonchev–Trinajstić information content (AvgIpc) is 2.77. The first-order valence-corrected chi connectivity index (χ1v) is 12.0. The molecular weight excluding hydrogens is 382 g/mol. The van der Waals surface area contributed by atoms with Gasteiger partial charge < -0.3 is 10.5 Å². The summed E-state index contributed by atoms with van der Waals surface area (Å²) in [6.07, 6.45) is 7.75. The minimum atomic E-state index is 0.224. The minimum Gasteiger partial charge on any atom is -0.497 e. The summed E-state index contributed by atoms with van der Waals surface area (Å²) in [5, 5.41) is 0. The highest BCUT2D eigenvalue weighted by atomic mass is 32.2.